The molecule has 2 rings (SSSR count). The van der Waals surface area contributed by atoms with E-state index in [1.807, 2.05) is 0 Å². The molecule has 0 aliphatic carbocycles. The Morgan fingerprint density at radius 2 is 1.76 bits per heavy atom. The van der Waals surface area contributed by atoms with Crippen LogP contribution in [-0.2, 0) is 0 Å². The van der Waals surface area contributed by atoms with Crippen molar-refractivity contribution in [2.75, 3.05) is 13.1 Å². The SMILES string of the molecule is CC(C)C1CNCCC1C(C)c1ccccc1. The zero-order chi connectivity index (χ0) is 12.3. The third-order valence-corrected chi connectivity index (χ3v) is 4.41. The van der Waals surface area contributed by atoms with Gasteiger partial charge in [-0.2, -0.15) is 0 Å². The molecule has 1 nitrogen and oxygen atoms in total. The van der Waals surface area contributed by atoms with Crippen LogP contribution in [0.2, 0.25) is 0 Å². The zero-order valence-corrected chi connectivity index (χ0v) is 11.3. The molecule has 1 N–H and O–H groups in total. The minimum atomic E-state index is 0.686. The summed E-state index contributed by atoms with van der Waals surface area (Å²) in [4.78, 5) is 0. The number of nitrogens with one attached hydrogen (secondary N) is 1. The first-order chi connectivity index (χ1) is 8.20. The van der Waals surface area contributed by atoms with Gasteiger partial charge in [-0.05, 0) is 48.7 Å². The predicted molar refractivity (Wildman–Crippen MR) is 74.2 cm³/mol. The zero-order valence-electron chi connectivity index (χ0n) is 11.3. The Kier molecular flexibility index (Phi) is 4.22. The van der Waals surface area contributed by atoms with E-state index in [0.29, 0.717) is 5.92 Å². The molecule has 0 bridgehead atoms. The molecule has 1 aromatic rings. The number of benzene rings is 1. The van der Waals surface area contributed by atoms with Gasteiger partial charge in [0.1, 0.15) is 0 Å². The summed E-state index contributed by atoms with van der Waals surface area (Å²) in [6, 6.07) is 11.0. The van der Waals surface area contributed by atoms with Gasteiger partial charge < -0.3 is 5.32 Å². The van der Waals surface area contributed by atoms with E-state index in [1.165, 1.54) is 25.1 Å². The van der Waals surface area contributed by atoms with Crippen LogP contribution in [-0.4, -0.2) is 13.1 Å². The van der Waals surface area contributed by atoms with Crippen molar-refractivity contribution in [3.63, 3.8) is 0 Å². The topological polar surface area (TPSA) is 12.0 Å². The minimum Gasteiger partial charge on any atom is -0.316 e. The second-order valence-corrected chi connectivity index (χ2v) is 5.76. The molecule has 1 aromatic carbocycles. The molecule has 0 aromatic heterocycles. The van der Waals surface area contributed by atoms with Crippen LogP contribution in [0.1, 0.15) is 38.7 Å². The Morgan fingerprint density at radius 1 is 1.06 bits per heavy atom. The van der Waals surface area contributed by atoms with Crippen LogP contribution in [0.3, 0.4) is 0 Å². The van der Waals surface area contributed by atoms with Crippen molar-refractivity contribution in [3.8, 4) is 0 Å². The fourth-order valence-electron chi connectivity index (χ4n) is 3.26. The monoisotopic (exact) mass is 231 g/mol. The summed E-state index contributed by atoms with van der Waals surface area (Å²) in [6.45, 7) is 9.51. The molecule has 0 spiro atoms. The van der Waals surface area contributed by atoms with Crippen molar-refractivity contribution in [2.45, 2.75) is 33.1 Å². The van der Waals surface area contributed by atoms with E-state index in [-0.39, 0.29) is 0 Å². The van der Waals surface area contributed by atoms with Gasteiger partial charge in [-0.1, -0.05) is 51.1 Å². The fraction of sp³-hybridized carbons (Fsp3) is 0.625. The summed E-state index contributed by atoms with van der Waals surface area (Å²) in [5.74, 6) is 3.11. The molecule has 3 unspecified atom stereocenters. The predicted octanol–water partition coefficient (Wildman–Crippen LogP) is 3.67. The van der Waals surface area contributed by atoms with Gasteiger partial charge in [-0.15, -0.1) is 0 Å². The van der Waals surface area contributed by atoms with Gasteiger partial charge in [0.2, 0.25) is 0 Å². The Morgan fingerprint density at radius 3 is 2.41 bits per heavy atom. The van der Waals surface area contributed by atoms with Gasteiger partial charge in [0.05, 0.1) is 0 Å². The van der Waals surface area contributed by atoms with Crippen LogP contribution in [0.15, 0.2) is 30.3 Å². The third kappa shape index (κ3) is 2.90. The van der Waals surface area contributed by atoms with Crippen molar-refractivity contribution in [2.24, 2.45) is 17.8 Å². The van der Waals surface area contributed by atoms with Gasteiger partial charge >= 0.3 is 0 Å². The highest BCUT2D eigenvalue weighted by molar-refractivity contribution is 5.20. The molecule has 94 valence electrons. The number of rotatable bonds is 3. The highest BCUT2D eigenvalue weighted by atomic mass is 14.9. The van der Waals surface area contributed by atoms with E-state index >= 15 is 0 Å². The quantitative estimate of drug-likeness (QED) is 0.837. The van der Waals surface area contributed by atoms with Crippen LogP contribution in [0.4, 0.5) is 0 Å². The average molecular weight is 231 g/mol. The van der Waals surface area contributed by atoms with Crippen molar-refractivity contribution in [1.29, 1.82) is 0 Å². The summed E-state index contributed by atoms with van der Waals surface area (Å²) < 4.78 is 0. The molecule has 0 radical (unpaired) electrons. The van der Waals surface area contributed by atoms with Crippen LogP contribution in [0.5, 0.6) is 0 Å². The first-order valence-electron chi connectivity index (χ1n) is 6.96. The first-order valence-corrected chi connectivity index (χ1v) is 6.96. The Hall–Kier alpha value is -0.820. The fourth-order valence-corrected chi connectivity index (χ4v) is 3.26. The van der Waals surface area contributed by atoms with Crippen molar-refractivity contribution < 1.29 is 0 Å². The lowest BCUT2D eigenvalue weighted by Gasteiger charge is -2.38. The number of piperidine rings is 1. The summed E-state index contributed by atoms with van der Waals surface area (Å²) in [5.41, 5.74) is 1.50. The number of hydrogen-bond acceptors (Lipinski definition) is 1. The standard InChI is InChI=1S/C16H25N/c1-12(2)16-11-17-10-9-15(16)13(3)14-7-5-4-6-8-14/h4-8,12-13,15-17H,9-11H2,1-3H3. The molecule has 0 saturated carbocycles. The van der Waals surface area contributed by atoms with Gasteiger partial charge in [0, 0.05) is 0 Å². The molecule has 1 saturated heterocycles. The van der Waals surface area contributed by atoms with E-state index in [0.717, 1.165) is 17.8 Å². The van der Waals surface area contributed by atoms with Crippen molar-refractivity contribution >= 4 is 0 Å². The van der Waals surface area contributed by atoms with Gasteiger partial charge in [-0.25, -0.2) is 0 Å². The Bertz CT molecular complexity index is 331. The largest absolute Gasteiger partial charge is 0.316 e. The minimum absolute atomic E-state index is 0.686. The molecule has 1 aliphatic heterocycles. The molecule has 3 atom stereocenters. The summed E-state index contributed by atoms with van der Waals surface area (Å²) in [7, 11) is 0. The van der Waals surface area contributed by atoms with E-state index in [4.69, 9.17) is 0 Å². The molecule has 1 heteroatoms. The van der Waals surface area contributed by atoms with Gasteiger partial charge in [-0.3, -0.25) is 0 Å². The highest BCUT2D eigenvalue weighted by Crippen LogP contribution is 2.37. The molecule has 1 fully saturated rings. The average Bonchev–Trinajstić information content (AvgIpc) is 2.39. The maximum Gasteiger partial charge on any atom is -0.00152 e. The lowest BCUT2D eigenvalue weighted by molar-refractivity contribution is 0.172. The number of hydrogen-bond donors (Lipinski definition) is 1. The Labute approximate surface area is 106 Å². The summed E-state index contributed by atoms with van der Waals surface area (Å²) in [5, 5.41) is 3.55. The first kappa shape index (κ1) is 12.6. The molecule has 1 heterocycles. The van der Waals surface area contributed by atoms with E-state index in [1.54, 1.807) is 0 Å². The van der Waals surface area contributed by atoms with Crippen LogP contribution in [0, 0.1) is 17.8 Å². The molecule has 17 heavy (non-hydrogen) atoms. The molecular formula is C16H25N. The van der Waals surface area contributed by atoms with Crippen LogP contribution >= 0.6 is 0 Å². The molecule has 0 amide bonds. The maximum absolute atomic E-state index is 3.55. The smallest absolute Gasteiger partial charge is 0.00152 e. The van der Waals surface area contributed by atoms with Crippen molar-refractivity contribution in [3.05, 3.63) is 35.9 Å². The van der Waals surface area contributed by atoms with Gasteiger partial charge in [0.25, 0.3) is 0 Å². The summed E-state index contributed by atoms with van der Waals surface area (Å²) >= 11 is 0. The van der Waals surface area contributed by atoms with E-state index in [9.17, 15) is 0 Å². The molecular weight excluding hydrogens is 206 g/mol. The normalized spacial score (nSPS) is 27.1. The lowest BCUT2D eigenvalue weighted by atomic mass is 9.71. The highest BCUT2D eigenvalue weighted by Gasteiger charge is 2.31. The third-order valence-electron chi connectivity index (χ3n) is 4.41. The maximum atomic E-state index is 3.55. The second-order valence-electron chi connectivity index (χ2n) is 5.76. The van der Waals surface area contributed by atoms with E-state index < -0.39 is 0 Å². The van der Waals surface area contributed by atoms with Crippen LogP contribution < -0.4 is 5.32 Å². The molecule has 1 aliphatic rings. The van der Waals surface area contributed by atoms with Gasteiger partial charge in [0.15, 0.2) is 0 Å². The summed E-state index contributed by atoms with van der Waals surface area (Å²) in [6.07, 6.45) is 1.32. The lowest BCUT2D eigenvalue weighted by Crippen LogP contribution is -2.41. The Balaban J connectivity index is 2.14. The second kappa shape index (κ2) is 5.68. The van der Waals surface area contributed by atoms with Crippen molar-refractivity contribution in [1.82, 2.24) is 5.32 Å². The van der Waals surface area contributed by atoms with Crippen LogP contribution in [0.25, 0.3) is 0 Å². The van der Waals surface area contributed by atoms with E-state index in [2.05, 4.69) is 56.4 Å².